The molecule has 1 aromatic rings. The van der Waals surface area contributed by atoms with Gasteiger partial charge in [0, 0.05) is 30.0 Å². The van der Waals surface area contributed by atoms with Crippen LogP contribution in [0.25, 0.3) is 6.08 Å². The Bertz CT molecular complexity index is 955. The Hall–Kier alpha value is -1.70. The summed E-state index contributed by atoms with van der Waals surface area (Å²) in [6, 6.07) is 0.928. The van der Waals surface area contributed by atoms with Gasteiger partial charge in [-0.25, -0.2) is 0 Å². The van der Waals surface area contributed by atoms with Crippen molar-refractivity contribution < 1.29 is 19.5 Å². The number of thiol groups is 1. The first-order valence-corrected chi connectivity index (χ1v) is 13.1. The van der Waals surface area contributed by atoms with Gasteiger partial charge in [0.2, 0.25) is 11.8 Å². The molecule has 34 heavy (non-hydrogen) atoms. The average molecular weight is 528 g/mol. The van der Waals surface area contributed by atoms with Gasteiger partial charge in [-0.15, -0.1) is 12.6 Å². The van der Waals surface area contributed by atoms with E-state index in [1.807, 2.05) is 6.07 Å². The number of likely N-dealkylation sites (tertiary alicyclic amines) is 1. The fourth-order valence-corrected chi connectivity index (χ4v) is 5.61. The molecule has 0 radical (unpaired) electrons. The van der Waals surface area contributed by atoms with Gasteiger partial charge in [0.15, 0.2) is 0 Å². The fourth-order valence-electron chi connectivity index (χ4n) is 4.69. The van der Waals surface area contributed by atoms with E-state index in [1.165, 1.54) is 45.1 Å². The Morgan fingerprint density at radius 3 is 2.41 bits per heavy atom. The first kappa shape index (κ1) is 26.9. The van der Waals surface area contributed by atoms with E-state index in [0.29, 0.717) is 47.5 Å². The van der Waals surface area contributed by atoms with E-state index in [9.17, 15) is 14.4 Å². The molecule has 1 atom stereocenters. The van der Waals surface area contributed by atoms with Gasteiger partial charge in [-0.3, -0.25) is 14.4 Å². The topological polar surface area (TPSA) is 86.7 Å². The number of amides is 2. The third-order valence-electron chi connectivity index (χ3n) is 6.84. The van der Waals surface area contributed by atoms with Gasteiger partial charge in [0.25, 0.3) is 0 Å². The molecule has 0 bridgehead atoms. The zero-order valence-electron chi connectivity index (χ0n) is 19.4. The third-order valence-corrected chi connectivity index (χ3v) is 8.16. The lowest BCUT2D eigenvalue weighted by molar-refractivity contribution is -0.142. The molecule has 186 valence electrons. The lowest BCUT2D eigenvalue weighted by Gasteiger charge is -2.31. The van der Waals surface area contributed by atoms with Crippen molar-refractivity contribution in [1.82, 2.24) is 10.2 Å². The number of halogens is 2. The number of carbonyl (C=O) groups excluding carboxylic acids is 2. The van der Waals surface area contributed by atoms with Crippen molar-refractivity contribution in [3.8, 4) is 0 Å². The maximum atomic E-state index is 12.7. The number of carboxylic acids is 1. The van der Waals surface area contributed by atoms with Crippen LogP contribution in [-0.4, -0.2) is 46.9 Å². The average Bonchev–Trinajstić information content (AvgIpc) is 2.83. The van der Waals surface area contributed by atoms with E-state index in [2.05, 4.69) is 17.9 Å². The summed E-state index contributed by atoms with van der Waals surface area (Å²) in [5, 5.41) is 12.4. The summed E-state index contributed by atoms with van der Waals surface area (Å²) >= 11 is 17.8. The minimum atomic E-state index is -1.07. The van der Waals surface area contributed by atoms with Gasteiger partial charge < -0.3 is 15.3 Å². The minimum Gasteiger partial charge on any atom is -0.480 e. The molecule has 1 aromatic carbocycles. The predicted octanol–water partition coefficient (Wildman–Crippen LogP) is 5.25. The van der Waals surface area contributed by atoms with Crippen LogP contribution in [0.4, 0.5) is 0 Å². The molecule has 2 fully saturated rings. The molecule has 9 heteroatoms. The maximum Gasteiger partial charge on any atom is 0.325 e. The molecule has 0 aromatic heterocycles. The van der Waals surface area contributed by atoms with E-state index in [-0.39, 0.29) is 17.7 Å². The number of piperidine rings is 1. The summed E-state index contributed by atoms with van der Waals surface area (Å²) in [5.74, 6) is -1.22. The summed E-state index contributed by atoms with van der Waals surface area (Å²) in [6.07, 6.45) is 11.2. The summed E-state index contributed by atoms with van der Waals surface area (Å²) in [4.78, 5) is 38.3. The van der Waals surface area contributed by atoms with Gasteiger partial charge in [0.1, 0.15) is 6.04 Å². The van der Waals surface area contributed by atoms with Crippen LogP contribution in [0.2, 0.25) is 10.0 Å². The van der Waals surface area contributed by atoms with E-state index < -0.39 is 12.0 Å². The molecule has 3 rings (SSSR count). The third kappa shape index (κ3) is 6.92. The van der Waals surface area contributed by atoms with Gasteiger partial charge in [0.05, 0.1) is 10.0 Å². The van der Waals surface area contributed by atoms with Crippen LogP contribution < -0.4 is 5.32 Å². The van der Waals surface area contributed by atoms with Crippen LogP contribution in [0.5, 0.6) is 0 Å². The molecule has 0 spiro atoms. The van der Waals surface area contributed by atoms with Gasteiger partial charge in [-0.2, -0.15) is 0 Å². The number of aliphatic carboxylic acids is 1. The van der Waals surface area contributed by atoms with Crippen molar-refractivity contribution in [3.63, 3.8) is 0 Å². The van der Waals surface area contributed by atoms with Gasteiger partial charge >= 0.3 is 5.97 Å². The van der Waals surface area contributed by atoms with Crippen molar-refractivity contribution in [3.05, 3.63) is 33.3 Å². The predicted molar refractivity (Wildman–Crippen MR) is 138 cm³/mol. The van der Waals surface area contributed by atoms with Gasteiger partial charge in [-0.05, 0) is 55.4 Å². The second-order valence-corrected chi connectivity index (χ2v) is 10.5. The molecular formula is C25H32Cl2N2O4S. The quantitative estimate of drug-likeness (QED) is 0.334. The van der Waals surface area contributed by atoms with Crippen molar-refractivity contribution >= 4 is 59.7 Å². The number of hydrogen-bond acceptors (Lipinski definition) is 4. The van der Waals surface area contributed by atoms with Crippen LogP contribution in [0.1, 0.15) is 63.0 Å². The molecule has 1 aliphatic carbocycles. The number of benzene rings is 1. The number of rotatable bonds is 7. The first-order chi connectivity index (χ1) is 16.2. The fraction of sp³-hybridized carbons (Fsp3) is 0.560. The van der Waals surface area contributed by atoms with Crippen molar-refractivity contribution in [2.75, 3.05) is 13.1 Å². The number of hydrogen-bond donors (Lipinski definition) is 3. The van der Waals surface area contributed by atoms with Gasteiger partial charge in [-0.1, -0.05) is 55.3 Å². The molecule has 1 aliphatic heterocycles. The van der Waals surface area contributed by atoms with Crippen LogP contribution in [0.15, 0.2) is 17.0 Å². The van der Waals surface area contributed by atoms with Crippen molar-refractivity contribution in [1.29, 1.82) is 0 Å². The van der Waals surface area contributed by atoms with E-state index in [4.69, 9.17) is 28.3 Å². The Balaban J connectivity index is 1.58. The Morgan fingerprint density at radius 1 is 1.15 bits per heavy atom. The zero-order valence-corrected chi connectivity index (χ0v) is 21.8. The molecule has 6 nitrogen and oxygen atoms in total. The molecule has 2 N–H and O–H groups in total. The monoisotopic (exact) mass is 526 g/mol. The number of nitrogens with one attached hydrogen (secondary N) is 1. The van der Waals surface area contributed by atoms with Crippen molar-refractivity contribution in [2.45, 2.75) is 69.2 Å². The molecule has 1 heterocycles. The maximum absolute atomic E-state index is 12.7. The van der Waals surface area contributed by atoms with Crippen LogP contribution in [-0.2, 0) is 20.8 Å². The minimum absolute atomic E-state index is 0.169. The zero-order chi connectivity index (χ0) is 24.8. The lowest BCUT2D eigenvalue weighted by Crippen LogP contribution is -2.46. The van der Waals surface area contributed by atoms with E-state index in [0.717, 1.165) is 16.9 Å². The second kappa shape index (κ2) is 12.3. The van der Waals surface area contributed by atoms with Crippen molar-refractivity contribution in [2.24, 2.45) is 11.8 Å². The highest BCUT2D eigenvalue weighted by Gasteiger charge is 2.28. The second-order valence-electron chi connectivity index (χ2n) is 9.30. The molecule has 2 amide bonds. The largest absolute Gasteiger partial charge is 0.480 e. The van der Waals surface area contributed by atoms with Crippen LogP contribution in [0, 0.1) is 11.8 Å². The summed E-state index contributed by atoms with van der Waals surface area (Å²) < 4.78 is 0. The first-order valence-electron chi connectivity index (χ1n) is 11.9. The van der Waals surface area contributed by atoms with E-state index in [1.54, 1.807) is 11.0 Å². The highest BCUT2D eigenvalue weighted by atomic mass is 35.5. The molecule has 1 saturated carbocycles. The molecule has 1 unspecified atom stereocenters. The Morgan fingerprint density at radius 2 is 1.79 bits per heavy atom. The molecular weight excluding hydrogens is 495 g/mol. The number of carboxylic acid groups (broad SMARTS) is 1. The highest BCUT2D eigenvalue weighted by molar-refractivity contribution is 7.80. The standard InChI is InChI=1S/C25H32Cl2N2O4S/c1-15(25(32)33)28-24(31)17-9-11-29(12-10-17)21(30)8-7-18-14-20(34)19(23(27)22(18)26)13-16-5-3-2-4-6-16/h7-8,14-17,34H,2-6,9-13H2,1H3,(H,28,31)(H,32,33). The smallest absolute Gasteiger partial charge is 0.325 e. The van der Waals surface area contributed by atoms with E-state index >= 15 is 0 Å². The Kier molecular flexibility index (Phi) is 9.74. The molecule has 2 aliphatic rings. The highest BCUT2D eigenvalue weighted by Crippen LogP contribution is 2.38. The summed E-state index contributed by atoms with van der Waals surface area (Å²) in [5.41, 5.74) is 1.62. The lowest BCUT2D eigenvalue weighted by atomic mass is 9.84. The molecule has 1 saturated heterocycles. The number of carbonyl (C=O) groups is 3. The SMILES string of the molecule is CC(NC(=O)C1CCN(C(=O)C=Cc2cc(S)c(CC3CCCCC3)c(Cl)c2Cl)CC1)C(=O)O. The summed E-state index contributed by atoms with van der Waals surface area (Å²) in [7, 11) is 0. The number of nitrogens with zero attached hydrogens (tertiary/aromatic N) is 1. The normalized spacial score (nSPS) is 18.8. The Labute approximate surface area is 216 Å². The summed E-state index contributed by atoms with van der Waals surface area (Å²) in [6.45, 7) is 2.28. The van der Waals surface area contributed by atoms with Crippen LogP contribution in [0.3, 0.4) is 0 Å². The van der Waals surface area contributed by atoms with Crippen LogP contribution >= 0.6 is 35.8 Å².